The molecular formula is C17H16OS. The van der Waals surface area contributed by atoms with E-state index in [1.807, 2.05) is 12.1 Å². The Kier molecular flexibility index (Phi) is 3.34. The Bertz CT molecular complexity index is 695. The van der Waals surface area contributed by atoms with Crippen LogP contribution in [0.2, 0.25) is 0 Å². The van der Waals surface area contributed by atoms with Crippen molar-refractivity contribution in [3.63, 3.8) is 0 Å². The molecule has 1 aromatic heterocycles. The number of furan rings is 1. The molecule has 0 bridgehead atoms. The Morgan fingerprint density at radius 3 is 2.42 bits per heavy atom. The van der Waals surface area contributed by atoms with Crippen molar-refractivity contribution in [2.24, 2.45) is 0 Å². The van der Waals surface area contributed by atoms with Gasteiger partial charge in [-0.25, -0.2) is 0 Å². The second-order valence-corrected chi connectivity index (χ2v) is 5.66. The molecule has 0 aliphatic rings. The molecule has 0 saturated heterocycles. The van der Waals surface area contributed by atoms with Crippen LogP contribution < -0.4 is 0 Å². The number of aryl methyl sites for hydroxylation is 2. The lowest BCUT2D eigenvalue weighted by Crippen LogP contribution is -1.79. The fraction of sp³-hybridized carbons (Fsp3) is 0.176. The van der Waals surface area contributed by atoms with Gasteiger partial charge in [-0.2, -0.15) is 0 Å². The summed E-state index contributed by atoms with van der Waals surface area (Å²) < 4.78 is 5.92. The quantitative estimate of drug-likeness (QED) is 0.626. The normalized spacial score (nSPS) is 11.1. The first-order valence-corrected chi connectivity index (χ1v) is 7.34. The highest BCUT2D eigenvalue weighted by Crippen LogP contribution is 2.36. The highest BCUT2D eigenvalue weighted by Gasteiger charge is 2.10. The van der Waals surface area contributed by atoms with E-state index in [0.717, 1.165) is 17.1 Å². The van der Waals surface area contributed by atoms with Crippen LogP contribution in [0.4, 0.5) is 0 Å². The lowest BCUT2D eigenvalue weighted by molar-refractivity contribution is 0.510. The van der Waals surface area contributed by atoms with Crippen molar-refractivity contribution in [2.75, 3.05) is 0 Å². The summed E-state index contributed by atoms with van der Waals surface area (Å²) in [7, 11) is 0. The predicted octanol–water partition coefficient (Wildman–Crippen LogP) is 5.45. The van der Waals surface area contributed by atoms with Crippen LogP contribution in [-0.2, 0) is 6.42 Å². The molecule has 3 rings (SSSR count). The van der Waals surface area contributed by atoms with Crippen LogP contribution >= 0.6 is 11.8 Å². The molecular weight excluding hydrogens is 252 g/mol. The van der Waals surface area contributed by atoms with Crippen LogP contribution in [-0.4, -0.2) is 0 Å². The number of benzene rings is 2. The molecule has 0 radical (unpaired) electrons. The molecule has 19 heavy (non-hydrogen) atoms. The van der Waals surface area contributed by atoms with E-state index in [0.29, 0.717) is 0 Å². The van der Waals surface area contributed by atoms with Gasteiger partial charge in [-0.05, 0) is 37.1 Å². The van der Waals surface area contributed by atoms with E-state index in [1.54, 1.807) is 11.8 Å². The fourth-order valence-electron chi connectivity index (χ4n) is 2.15. The van der Waals surface area contributed by atoms with E-state index in [9.17, 15) is 0 Å². The average Bonchev–Trinajstić information content (AvgIpc) is 2.77. The van der Waals surface area contributed by atoms with Gasteiger partial charge in [0.1, 0.15) is 5.58 Å². The van der Waals surface area contributed by atoms with Gasteiger partial charge in [-0.3, -0.25) is 0 Å². The molecule has 0 aliphatic carbocycles. The van der Waals surface area contributed by atoms with E-state index in [-0.39, 0.29) is 0 Å². The van der Waals surface area contributed by atoms with Gasteiger partial charge in [-0.15, -0.1) is 0 Å². The Balaban J connectivity index is 1.94. The monoisotopic (exact) mass is 268 g/mol. The molecule has 0 amide bonds. The third-order valence-electron chi connectivity index (χ3n) is 3.34. The summed E-state index contributed by atoms with van der Waals surface area (Å²) in [6.07, 6.45) is 1.08. The van der Waals surface area contributed by atoms with Gasteiger partial charge in [0.05, 0.1) is 0 Å². The first-order chi connectivity index (χ1) is 9.28. The smallest absolute Gasteiger partial charge is 0.169 e. The molecule has 0 fully saturated rings. The van der Waals surface area contributed by atoms with Gasteiger partial charge >= 0.3 is 0 Å². The highest BCUT2D eigenvalue weighted by atomic mass is 32.2. The van der Waals surface area contributed by atoms with Gasteiger partial charge in [0.25, 0.3) is 0 Å². The van der Waals surface area contributed by atoms with Crippen LogP contribution in [0.5, 0.6) is 0 Å². The van der Waals surface area contributed by atoms with E-state index in [1.165, 1.54) is 21.4 Å². The number of hydrogen-bond acceptors (Lipinski definition) is 2. The highest BCUT2D eigenvalue weighted by molar-refractivity contribution is 7.99. The lowest BCUT2D eigenvalue weighted by Gasteiger charge is -2.01. The van der Waals surface area contributed by atoms with Gasteiger partial charge < -0.3 is 4.42 Å². The predicted molar refractivity (Wildman–Crippen MR) is 80.9 cm³/mol. The van der Waals surface area contributed by atoms with Crippen molar-refractivity contribution in [3.05, 3.63) is 59.7 Å². The maximum atomic E-state index is 5.92. The number of para-hydroxylation sites is 1. The van der Waals surface area contributed by atoms with Crippen LogP contribution in [0.1, 0.15) is 18.1 Å². The van der Waals surface area contributed by atoms with Crippen molar-refractivity contribution in [1.29, 1.82) is 0 Å². The van der Waals surface area contributed by atoms with Crippen LogP contribution in [0.15, 0.2) is 62.9 Å². The maximum Gasteiger partial charge on any atom is 0.169 e. The SMILES string of the molecule is CCc1ccc(Sc2oc3ccccc3c2C)cc1. The summed E-state index contributed by atoms with van der Waals surface area (Å²) in [5.41, 5.74) is 3.55. The van der Waals surface area contributed by atoms with E-state index >= 15 is 0 Å². The molecule has 96 valence electrons. The van der Waals surface area contributed by atoms with Crippen LogP contribution in [0.3, 0.4) is 0 Å². The number of fused-ring (bicyclic) bond motifs is 1. The Morgan fingerprint density at radius 1 is 1.00 bits per heavy atom. The summed E-state index contributed by atoms with van der Waals surface area (Å²) >= 11 is 1.69. The second kappa shape index (κ2) is 5.14. The topological polar surface area (TPSA) is 13.1 Å². The molecule has 0 N–H and O–H groups in total. The van der Waals surface area contributed by atoms with E-state index < -0.39 is 0 Å². The molecule has 1 heterocycles. The maximum absolute atomic E-state index is 5.92. The minimum atomic E-state index is 0.965. The number of hydrogen-bond donors (Lipinski definition) is 0. The molecule has 0 saturated carbocycles. The standard InChI is InChI=1S/C17H16OS/c1-3-13-8-10-14(11-9-13)19-17-12(2)15-6-4-5-7-16(15)18-17/h4-11H,3H2,1-2H3. The third kappa shape index (κ3) is 2.41. The van der Waals surface area contributed by atoms with Crippen molar-refractivity contribution >= 4 is 22.7 Å². The Hall–Kier alpha value is -1.67. The van der Waals surface area contributed by atoms with Crippen molar-refractivity contribution in [3.8, 4) is 0 Å². The summed E-state index contributed by atoms with van der Waals surface area (Å²) in [5.74, 6) is 0. The molecule has 0 spiro atoms. The molecule has 0 aliphatic heterocycles. The summed E-state index contributed by atoms with van der Waals surface area (Å²) in [4.78, 5) is 1.22. The minimum absolute atomic E-state index is 0.965. The molecule has 2 heteroatoms. The largest absolute Gasteiger partial charge is 0.449 e. The van der Waals surface area contributed by atoms with Gasteiger partial charge in [-0.1, -0.05) is 49.0 Å². The molecule has 3 aromatic rings. The molecule has 1 nitrogen and oxygen atoms in total. The second-order valence-electron chi connectivity index (χ2n) is 4.61. The fourth-order valence-corrected chi connectivity index (χ4v) is 3.03. The third-order valence-corrected chi connectivity index (χ3v) is 4.42. The Morgan fingerprint density at radius 2 is 1.74 bits per heavy atom. The Labute approximate surface area is 117 Å². The van der Waals surface area contributed by atoms with E-state index in [4.69, 9.17) is 4.42 Å². The molecule has 2 aromatic carbocycles. The first kappa shape index (κ1) is 12.4. The zero-order valence-corrected chi connectivity index (χ0v) is 12.0. The number of rotatable bonds is 3. The van der Waals surface area contributed by atoms with Gasteiger partial charge in [0, 0.05) is 15.8 Å². The summed E-state index contributed by atoms with van der Waals surface area (Å²) in [5, 5.41) is 2.20. The molecule has 0 unspecified atom stereocenters. The first-order valence-electron chi connectivity index (χ1n) is 6.53. The van der Waals surface area contributed by atoms with Crippen molar-refractivity contribution in [2.45, 2.75) is 30.3 Å². The zero-order valence-electron chi connectivity index (χ0n) is 11.1. The zero-order chi connectivity index (χ0) is 13.2. The van der Waals surface area contributed by atoms with Gasteiger partial charge in [0.15, 0.2) is 5.09 Å². The summed E-state index contributed by atoms with van der Waals surface area (Å²) in [6, 6.07) is 16.9. The van der Waals surface area contributed by atoms with E-state index in [2.05, 4.69) is 50.2 Å². The van der Waals surface area contributed by atoms with Crippen LogP contribution in [0.25, 0.3) is 11.0 Å². The summed E-state index contributed by atoms with van der Waals surface area (Å²) in [6.45, 7) is 4.29. The average molecular weight is 268 g/mol. The van der Waals surface area contributed by atoms with Crippen LogP contribution in [0, 0.1) is 6.92 Å². The van der Waals surface area contributed by atoms with Crippen molar-refractivity contribution in [1.82, 2.24) is 0 Å². The lowest BCUT2D eigenvalue weighted by atomic mass is 10.2. The van der Waals surface area contributed by atoms with Crippen molar-refractivity contribution < 1.29 is 4.42 Å². The minimum Gasteiger partial charge on any atom is -0.449 e. The molecule has 0 atom stereocenters. The van der Waals surface area contributed by atoms with Gasteiger partial charge in [0.2, 0.25) is 0 Å².